The van der Waals surface area contributed by atoms with E-state index in [-0.39, 0.29) is 0 Å². The Kier molecular flexibility index (Phi) is 9.62. The van der Waals surface area contributed by atoms with Crippen LogP contribution < -0.4 is 4.74 Å². The van der Waals surface area contributed by atoms with Crippen molar-refractivity contribution in [1.29, 1.82) is 0 Å². The lowest BCUT2D eigenvalue weighted by Gasteiger charge is -2.19. The fraction of sp³-hybridized carbons (Fsp3) is 0.462. The molecule has 6 heteroatoms. The average Bonchev–Trinajstić information content (AvgIpc) is 3.46. The summed E-state index contributed by atoms with van der Waals surface area (Å²) in [5.41, 5.74) is 5.66. The highest BCUT2D eigenvalue weighted by molar-refractivity contribution is 7.95. The van der Waals surface area contributed by atoms with Gasteiger partial charge in [0.1, 0.15) is 5.75 Å². The maximum Gasteiger partial charge on any atom is 0.119 e. The van der Waals surface area contributed by atoms with Gasteiger partial charge in [0.2, 0.25) is 0 Å². The Hall–Kier alpha value is -2.31. The van der Waals surface area contributed by atoms with Crippen molar-refractivity contribution in [3.8, 4) is 5.75 Å². The fourth-order valence-electron chi connectivity index (χ4n) is 3.63. The maximum atomic E-state index is 5.93. The van der Waals surface area contributed by atoms with Crippen molar-refractivity contribution < 1.29 is 4.74 Å². The molecule has 172 valence electrons. The summed E-state index contributed by atoms with van der Waals surface area (Å²) >= 11 is 1.83. The van der Waals surface area contributed by atoms with Crippen molar-refractivity contribution in [2.45, 2.75) is 52.9 Å². The van der Waals surface area contributed by atoms with Gasteiger partial charge in [-0.3, -0.25) is 0 Å². The first-order valence-corrected chi connectivity index (χ1v) is 12.4. The molecule has 1 aromatic rings. The number of unbranched alkanes of at least 4 members (excludes halogenated alkanes) is 2. The lowest BCUT2D eigenvalue weighted by Crippen LogP contribution is -2.14. The van der Waals surface area contributed by atoms with E-state index >= 15 is 0 Å². The summed E-state index contributed by atoms with van der Waals surface area (Å²) in [6, 6.07) is 8.25. The highest BCUT2D eigenvalue weighted by Gasteiger charge is 2.21. The number of hydrogen-bond acceptors (Lipinski definition) is 6. The minimum Gasteiger partial charge on any atom is -0.494 e. The number of benzene rings is 1. The summed E-state index contributed by atoms with van der Waals surface area (Å²) in [7, 11) is 0. The minimum absolute atomic E-state index is 0.759. The number of nitrogens with zero attached hydrogens (tertiary/aromatic N) is 4. The van der Waals surface area contributed by atoms with Crippen LogP contribution in [0.1, 0.15) is 58.4 Å². The van der Waals surface area contributed by atoms with Crippen molar-refractivity contribution >= 4 is 23.6 Å². The molecule has 0 radical (unpaired) electrons. The molecule has 0 aliphatic carbocycles. The zero-order valence-electron chi connectivity index (χ0n) is 19.7. The normalized spacial score (nSPS) is 17.2. The van der Waals surface area contributed by atoms with Crippen LogP contribution in [0, 0.1) is 0 Å². The molecule has 0 unspecified atom stereocenters. The largest absolute Gasteiger partial charge is 0.494 e. The molecule has 0 amide bonds. The second-order valence-electron chi connectivity index (χ2n) is 8.21. The van der Waals surface area contributed by atoms with Crippen LogP contribution in [-0.4, -0.2) is 46.3 Å². The van der Waals surface area contributed by atoms with Crippen LogP contribution in [-0.2, 0) is 0 Å². The van der Waals surface area contributed by atoms with Crippen molar-refractivity contribution in [3.05, 3.63) is 65.9 Å². The van der Waals surface area contributed by atoms with Gasteiger partial charge in [-0.05, 0) is 81.5 Å². The SMILES string of the molecule is C=C(C)/C=C(\C=C/C)N1CCN(CCCCCOc2ccc(C3=NN=C(CC)C3)cc2)S1. The maximum absolute atomic E-state index is 5.93. The van der Waals surface area contributed by atoms with Crippen molar-refractivity contribution in [2.75, 3.05) is 26.2 Å². The van der Waals surface area contributed by atoms with Gasteiger partial charge in [0.25, 0.3) is 0 Å². The first kappa shape index (κ1) is 24.3. The van der Waals surface area contributed by atoms with E-state index in [9.17, 15) is 0 Å². The Balaban J connectivity index is 1.30. The zero-order chi connectivity index (χ0) is 22.8. The summed E-state index contributed by atoms with van der Waals surface area (Å²) in [5, 5.41) is 8.53. The van der Waals surface area contributed by atoms with E-state index in [1.807, 2.05) is 31.2 Å². The first-order valence-electron chi connectivity index (χ1n) is 11.6. The summed E-state index contributed by atoms with van der Waals surface area (Å²) in [6.45, 7) is 14.2. The second kappa shape index (κ2) is 12.7. The second-order valence-corrected chi connectivity index (χ2v) is 9.33. The summed E-state index contributed by atoms with van der Waals surface area (Å²) < 4.78 is 10.7. The standard InChI is InChI=1S/C26H36N4OS/c1-5-10-24(19-21(3)4)30-17-16-29(32-30)15-8-7-9-18-31-25-13-11-22(12-14-25)26-20-23(6-2)27-28-26/h5,10-14,19H,3,6-9,15-18,20H2,1-2,4H3/b10-5-,24-19+. The molecular formula is C26H36N4OS. The molecule has 1 aromatic carbocycles. The van der Waals surface area contributed by atoms with E-state index in [2.05, 4.69) is 69.6 Å². The first-order chi connectivity index (χ1) is 15.6. The molecule has 2 aliphatic rings. The third-order valence-electron chi connectivity index (χ3n) is 5.39. The molecule has 3 rings (SSSR count). The highest BCUT2D eigenvalue weighted by atomic mass is 32.2. The monoisotopic (exact) mass is 452 g/mol. The lowest BCUT2D eigenvalue weighted by molar-refractivity contribution is 0.303. The van der Waals surface area contributed by atoms with E-state index in [4.69, 9.17) is 4.74 Å². The zero-order valence-corrected chi connectivity index (χ0v) is 20.5. The molecule has 5 nitrogen and oxygen atoms in total. The Morgan fingerprint density at radius 3 is 2.66 bits per heavy atom. The molecule has 2 aliphatic heterocycles. The van der Waals surface area contributed by atoms with Gasteiger partial charge in [-0.2, -0.15) is 10.2 Å². The lowest BCUT2D eigenvalue weighted by atomic mass is 10.0. The molecule has 1 fully saturated rings. The minimum atomic E-state index is 0.759. The predicted molar refractivity (Wildman–Crippen MR) is 138 cm³/mol. The molecule has 0 spiro atoms. The molecule has 32 heavy (non-hydrogen) atoms. The highest BCUT2D eigenvalue weighted by Crippen LogP contribution is 2.29. The van der Waals surface area contributed by atoms with Gasteiger partial charge < -0.3 is 9.04 Å². The summed E-state index contributed by atoms with van der Waals surface area (Å²) in [4.78, 5) is 0. The molecule has 1 saturated heterocycles. The van der Waals surface area contributed by atoms with E-state index < -0.39 is 0 Å². The third-order valence-corrected chi connectivity index (χ3v) is 6.57. The quantitative estimate of drug-likeness (QED) is 0.209. The molecule has 0 bridgehead atoms. The molecular weight excluding hydrogens is 416 g/mol. The van der Waals surface area contributed by atoms with Crippen molar-refractivity contribution in [2.24, 2.45) is 10.2 Å². The van der Waals surface area contributed by atoms with Gasteiger partial charge in [0.15, 0.2) is 0 Å². The smallest absolute Gasteiger partial charge is 0.119 e. The molecule has 0 saturated carbocycles. The number of allylic oxidation sites excluding steroid dienone is 4. The molecule has 0 atom stereocenters. The van der Waals surface area contributed by atoms with Gasteiger partial charge in [-0.15, -0.1) is 0 Å². The molecule has 0 aromatic heterocycles. The van der Waals surface area contributed by atoms with Gasteiger partial charge in [0, 0.05) is 49.6 Å². The molecule has 2 heterocycles. The summed E-state index contributed by atoms with van der Waals surface area (Å²) in [6.07, 6.45) is 11.7. The summed E-state index contributed by atoms with van der Waals surface area (Å²) in [5.74, 6) is 0.926. The van der Waals surface area contributed by atoms with Crippen LogP contribution in [0.2, 0.25) is 0 Å². The van der Waals surface area contributed by atoms with Gasteiger partial charge in [-0.1, -0.05) is 25.2 Å². The number of ether oxygens (including phenoxy) is 1. The fourth-order valence-corrected chi connectivity index (χ4v) is 4.65. The Bertz CT molecular complexity index is 886. The average molecular weight is 453 g/mol. The number of rotatable bonds is 12. The van der Waals surface area contributed by atoms with Crippen LogP contribution in [0.4, 0.5) is 0 Å². The van der Waals surface area contributed by atoms with Gasteiger partial charge in [-0.25, -0.2) is 4.31 Å². The van der Waals surface area contributed by atoms with Crippen LogP contribution in [0.5, 0.6) is 5.75 Å². The Morgan fingerprint density at radius 1 is 1.16 bits per heavy atom. The predicted octanol–water partition coefficient (Wildman–Crippen LogP) is 6.41. The van der Waals surface area contributed by atoms with E-state index in [1.165, 1.54) is 18.5 Å². The topological polar surface area (TPSA) is 40.4 Å². The van der Waals surface area contributed by atoms with E-state index in [0.717, 1.165) is 73.8 Å². The molecule has 0 N–H and O–H groups in total. The van der Waals surface area contributed by atoms with Crippen LogP contribution >= 0.6 is 12.1 Å². The van der Waals surface area contributed by atoms with Gasteiger partial charge in [0.05, 0.1) is 12.3 Å². The van der Waals surface area contributed by atoms with Gasteiger partial charge >= 0.3 is 0 Å². The van der Waals surface area contributed by atoms with E-state index in [0.29, 0.717) is 0 Å². The Morgan fingerprint density at radius 2 is 1.97 bits per heavy atom. The van der Waals surface area contributed by atoms with E-state index in [1.54, 1.807) is 0 Å². The van der Waals surface area contributed by atoms with Crippen molar-refractivity contribution in [3.63, 3.8) is 0 Å². The number of hydrogen-bond donors (Lipinski definition) is 0. The van der Waals surface area contributed by atoms with Crippen LogP contribution in [0.15, 0.2) is 70.5 Å². The van der Waals surface area contributed by atoms with Crippen LogP contribution in [0.25, 0.3) is 0 Å². The van der Waals surface area contributed by atoms with Crippen LogP contribution in [0.3, 0.4) is 0 Å². The van der Waals surface area contributed by atoms with Crippen molar-refractivity contribution in [1.82, 2.24) is 8.61 Å². The Labute approximate surface area is 197 Å². The third kappa shape index (κ3) is 7.38.